The van der Waals surface area contributed by atoms with Crippen molar-refractivity contribution in [3.63, 3.8) is 0 Å². The van der Waals surface area contributed by atoms with E-state index in [2.05, 4.69) is 6.58 Å². The predicted octanol–water partition coefficient (Wildman–Crippen LogP) is -0.221. The Hall–Kier alpha value is -1.36. The lowest BCUT2D eigenvalue weighted by atomic mass is 10.2. The van der Waals surface area contributed by atoms with Crippen LogP contribution in [0.5, 0.6) is 0 Å². The molecule has 92 valence electrons. The molecule has 0 aromatic rings. The Bertz CT molecular complexity index is 247. The molecular formula is C11H17O5-. The molecule has 0 aromatic heterocycles. The number of unbranched alkanes of at least 4 members (excludes halogenated alkanes) is 3. The zero-order valence-electron chi connectivity index (χ0n) is 9.24. The predicted molar refractivity (Wildman–Crippen MR) is 55.3 cm³/mol. The Morgan fingerprint density at radius 1 is 1.19 bits per heavy atom. The van der Waals surface area contributed by atoms with Gasteiger partial charge in [-0.15, -0.1) is 0 Å². The Morgan fingerprint density at radius 2 is 1.81 bits per heavy atom. The molecule has 0 aliphatic rings. The van der Waals surface area contributed by atoms with Gasteiger partial charge in [-0.2, -0.15) is 0 Å². The Kier molecular flexibility index (Phi) is 8.15. The molecule has 0 fully saturated rings. The summed E-state index contributed by atoms with van der Waals surface area (Å²) < 4.78 is 4.79. The van der Waals surface area contributed by atoms with Gasteiger partial charge in [0.1, 0.15) is 0 Å². The van der Waals surface area contributed by atoms with E-state index < -0.39 is 11.9 Å². The number of aliphatic hydroxyl groups excluding tert-OH is 1. The first-order valence-corrected chi connectivity index (χ1v) is 5.23. The first-order valence-electron chi connectivity index (χ1n) is 5.23. The summed E-state index contributed by atoms with van der Waals surface area (Å²) in [4.78, 5) is 21.3. The van der Waals surface area contributed by atoms with Gasteiger partial charge in [0.25, 0.3) is 0 Å². The molecule has 0 aromatic carbocycles. The summed E-state index contributed by atoms with van der Waals surface area (Å²) in [6.07, 6.45) is 2.88. The van der Waals surface area contributed by atoms with Crippen molar-refractivity contribution in [2.75, 3.05) is 13.2 Å². The summed E-state index contributed by atoms with van der Waals surface area (Å²) in [6.45, 7) is 3.61. The van der Waals surface area contributed by atoms with Crippen LogP contribution in [0.2, 0.25) is 0 Å². The number of carbonyl (C=O) groups is 2. The van der Waals surface area contributed by atoms with Gasteiger partial charge < -0.3 is 19.7 Å². The first-order chi connectivity index (χ1) is 7.57. The van der Waals surface area contributed by atoms with E-state index in [1.165, 1.54) is 0 Å². The zero-order chi connectivity index (χ0) is 12.4. The highest BCUT2D eigenvalue weighted by Gasteiger charge is 2.05. The number of esters is 1. The number of carbonyl (C=O) groups excluding carboxylic acids is 2. The number of rotatable bonds is 9. The van der Waals surface area contributed by atoms with Gasteiger partial charge in [-0.3, -0.25) is 4.79 Å². The third-order valence-electron chi connectivity index (χ3n) is 1.96. The number of aliphatic hydroxyl groups is 1. The summed E-state index contributed by atoms with van der Waals surface area (Å²) in [5.74, 6) is -2.03. The monoisotopic (exact) mass is 229 g/mol. The Morgan fingerprint density at radius 3 is 2.38 bits per heavy atom. The second kappa shape index (κ2) is 8.91. The van der Waals surface area contributed by atoms with Gasteiger partial charge >= 0.3 is 5.97 Å². The highest BCUT2D eigenvalue weighted by Crippen LogP contribution is 2.02. The molecule has 0 radical (unpaired) electrons. The van der Waals surface area contributed by atoms with E-state index in [1.807, 2.05) is 0 Å². The first kappa shape index (κ1) is 14.6. The maximum atomic E-state index is 11.0. The normalized spacial score (nSPS) is 9.81. The SMILES string of the molecule is C=C(CC(=O)OCCCCCCO)C(=O)[O-]. The van der Waals surface area contributed by atoms with E-state index >= 15 is 0 Å². The van der Waals surface area contributed by atoms with Gasteiger partial charge in [-0.25, -0.2) is 0 Å². The lowest BCUT2D eigenvalue weighted by Crippen LogP contribution is -2.25. The van der Waals surface area contributed by atoms with Crippen LogP contribution in [-0.4, -0.2) is 30.3 Å². The second-order valence-electron chi connectivity index (χ2n) is 3.43. The average Bonchev–Trinajstić information content (AvgIpc) is 2.23. The molecule has 0 aliphatic heterocycles. The van der Waals surface area contributed by atoms with Crippen LogP contribution >= 0.6 is 0 Å². The molecular weight excluding hydrogens is 212 g/mol. The van der Waals surface area contributed by atoms with Crippen LogP contribution in [0.25, 0.3) is 0 Å². The van der Waals surface area contributed by atoms with Crippen LogP contribution in [0.1, 0.15) is 32.1 Å². The van der Waals surface area contributed by atoms with E-state index in [9.17, 15) is 14.7 Å². The van der Waals surface area contributed by atoms with Crippen LogP contribution in [0.4, 0.5) is 0 Å². The quantitative estimate of drug-likeness (QED) is 0.335. The maximum Gasteiger partial charge on any atom is 0.310 e. The second-order valence-corrected chi connectivity index (χ2v) is 3.43. The lowest BCUT2D eigenvalue weighted by molar-refractivity contribution is -0.299. The summed E-state index contributed by atoms with van der Waals surface area (Å²) in [7, 11) is 0. The molecule has 1 N–H and O–H groups in total. The van der Waals surface area contributed by atoms with Gasteiger partial charge in [0, 0.05) is 6.61 Å². The molecule has 0 spiro atoms. The summed E-state index contributed by atoms with van der Waals surface area (Å²) in [6, 6.07) is 0. The zero-order valence-corrected chi connectivity index (χ0v) is 9.24. The molecule has 0 bridgehead atoms. The number of carboxylic acids is 1. The smallest absolute Gasteiger partial charge is 0.310 e. The molecule has 0 rings (SSSR count). The Balaban J connectivity index is 3.44. The lowest BCUT2D eigenvalue weighted by Gasteiger charge is -2.07. The minimum absolute atomic E-state index is 0.172. The van der Waals surface area contributed by atoms with Crippen LogP contribution in [0.15, 0.2) is 12.2 Å². The van der Waals surface area contributed by atoms with Crippen molar-refractivity contribution in [2.24, 2.45) is 0 Å². The Labute approximate surface area is 94.7 Å². The van der Waals surface area contributed by atoms with Crippen molar-refractivity contribution in [1.82, 2.24) is 0 Å². The summed E-state index contributed by atoms with van der Waals surface area (Å²) in [5, 5.41) is 18.7. The molecule has 0 heterocycles. The minimum atomic E-state index is -1.43. The van der Waals surface area contributed by atoms with Crippen molar-refractivity contribution < 1.29 is 24.5 Å². The van der Waals surface area contributed by atoms with Gasteiger partial charge in [-0.1, -0.05) is 13.0 Å². The highest BCUT2D eigenvalue weighted by molar-refractivity contribution is 5.90. The number of hydrogen-bond donors (Lipinski definition) is 1. The van der Waals surface area contributed by atoms with Gasteiger partial charge in [0.2, 0.25) is 0 Å². The van der Waals surface area contributed by atoms with E-state index in [0.717, 1.165) is 19.3 Å². The fraction of sp³-hybridized carbons (Fsp3) is 0.636. The summed E-state index contributed by atoms with van der Waals surface area (Å²) >= 11 is 0. The van der Waals surface area contributed by atoms with E-state index in [1.54, 1.807) is 0 Å². The molecule has 0 saturated heterocycles. The molecule has 0 saturated carbocycles. The standard InChI is InChI=1S/C11H18O5/c1-9(11(14)15)8-10(13)16-7-5-3-2-4-6-12/h12H,1-8H2,(H,14,15)/p-1. The molecule has 0 unspecified atom stereocenters. The van der Waals surface area contributed by atoms with Crippen molar-refractivity contribution in [1.29, 1.82) is 0 Å². The van der Waals surface area contributed by atoms with Crippen LogP contribution in [-0.2, 0) is 14.3 Å². The average molecular weight is 229 g/mol. The third kappa shape index (κ3) is 7.99. The highest BCUT2D eigenvalue weighted by atomic mass is 16.5. The van der Waals surface area contributed by atoms with Crippen molar-refractivity contribution in [3.8, 4) is 0 Å². The van der Waals surface area contributed by atoms with E-state index in [0.29, 0.717) is 6.42 Å². The van der Waals surface area contributed by atoms with E-state index in [-0.39, 0.29) is 25.2 Å². The summed E-state index contributed by atoms with van der Waals surface area (Å²) in [5.41, 5.74) is -0.273. The molecule has 0 atom stereocenters. The minimum Gasteiger partial charge on any atom is -0.545 e. The number of carboxylic acid groups (broad SMARTS) is 1. The molecule has 0 aliphatic carbocycles. The van der Waals surface area contributed by atoms with Crippen molar-refractivity contribution in [3.05, 3.63) is 12.2 Å². The topological polar surface area (TPSA) is 86.7 Å². The van der Waals surface area contributed by atoms with Gasteiger partial charge in [-0.05, 0) is 24.8 Å². The van der Waals surface area contributed by atoms with Gasteiger partial charge in [0.05, 0.1) is 19.0 Å². The van der Waals surface area contributed by atoms with Crippen LogP contribution < -0.4 is 5.11 Å². The molecule has 5 heteroatoms. The number of aliphatic carboxylic acids is 1. The fourth-order valence-electron chi connectivity index (χ4n) is 1.05. The van der Waals surface area contributed by atoms with Gasteiger partial charge in [0.15, 0.2) is 0 Å². The van der Waals surface area contributed by atoms with Crippen molar-refractivity contribution in [2.45, 2.75) is 32.1 Å². The number of hydrogen-bond acceptors (Lipinski definition) is 5. The third-order valence-corrected chi connectivity index (χ3v) is 1.96. The molecule has 5 nitrogen and oxygen atoms in total. The molecule has 16 heavy (non-hydrogen) atoms. The van der Waals surface area contributed by atoms with E-state index in [4.69, 9.17) is 9.84 Å². The van der Waals surface area contributed by atoms with Crippen LogP contribution in [0.3, 0.4) is 0 Å². The van der Waals surface area contributed by atoms with Crippen molar-refractivity contribution >= 4 is 11.9 Å². The maximum absolute atomic E-state index is 11.0. The molecule has 0 amide bonds. The number of ether oxygens (including phenoxy) is 1. The largest absolute Gasteiger partial charge is 0.545 e. The van der Waals surface area contributed by atoms with Crippen LogP contribution in [0, 0.1) is 0 Å². The fourth-order valence-corrected chi connectivity index (χ4v) is 1.05.